The largest absolute Gasteiger partial charge is 0.494 e. The topological polar surface area (TPSA) is 47.4 Å². The van der Waals surface area contributed by atoms with Crippen LogP contribution in [0, 0.1) is 0 Å². The lowest BCUT2D eigenvalue weighted by atomic mass is 9.87. The van der Waals surface area contributed by atoms with Crippen LogP contribution in [0.25, 0.3) is 11.0 Å². The number of carbonyl (C=O) groups is 1. The molecule has 0 radical (unpaired) electrons. The Kier molecular flexibility index (Phi) is 7.25. The number of benzene rings is 3. The van der Waals surface area contributed by atoms with Crippen molar-refractivity contribution in [3.63, 3.8) is 0 Å². The van der Waals surface area contributed by atoms with Crippen LogP contribution in [0.5, 0.6) is 5.75 Å². The SMILES string of the molecule is CC(C)(C)c1ccc(OCCCCn2c(C3CC(=O)N(c4ccccc4Cl)C3)nc3ccccc32)cc1. The van der Waals surface area contributed by atoms with E-state index in [-0.39, 0.29) is 17.2 Å². The maximum absolute atomic E-state index is 13.0. The molecule has 0 spiro atoms. The van der Waals surface area contributed by atoms with Gasteiger partial charge in [-0.15, -0.1) is 0 Å². The van der Waals surface area contributed by atoms with Gasteiger partial charge in [0.15, 0.2) is 0 Å². The zero-order valence-electron chi connectivity index (χ0n) is 21.8. The van der Waals surface area contributed by atoms with Gasteiger partial charge in [0.25, 0.3) is 0 Å². The molecule has 1 amide bonds. The van der Waals surface area contributed by atoms with E-state index in [1.807, 2.05) is 42.5 Å². The van der Waals surface area contributed by atoms with E-state index in [0.717, 1.165) is 47.7 Å². The van der Waals surface area contributed by atoms with Crippen LogP contribution in [0.2, 0.25) is 5.02 Å². The Hall–Kier alpha value is -3.31. The van der Waals surface area contributed by atoms with Gasteiger partial charge in [0.05, 0.1) is 28.4 Å². The van der Waals surface area contributed by atoms with Gasteiger partial charge < -0.3 is 14.2 Å². The Morgan fingerprint density at radius 3 is 2.46 bits per heavy atom. The first kappa shape index (κ1) is 25.3. The fraction of sp³-hybridized carbons (Fsp3) is 0.355. The van der Waals surface area contributed by atoms with Gasteiger partial charge in [0, 0.05) is 25.4 Å². The molecule has 0 aliphatic carbocycles. The number of amides is 1. The molecule has 0 bridgehead atoms. The summed E-state index contributed by atoms with van der Waals surface area (Å²) in [6.07, 6.45) is 2.33. The number of halogens is 1. The fourth-order valence-electron chi connectivity index (χ4n) is 5.04. The van der Waals surface area contributed by atoms with Crippen molar-refractivity contribution in [2.75, 3.05) is 18.1 Å². The number of fused-ring (bicyclic) bond motifs is 1. The Morgan fingerprint density at radius 1 is 0.973 bits per heavy atom. The van der Waals surface area contributed by atoms with E-state index in [1.54, 1.807) is 4.90 Å². The standard InChI is InChI=1S/C31H34ClN3O2/c1-31(2,3)23-14-16-24(17-15-23)37-19-9-8-18-34-28-13-7-5-11-26(28)33-30(34)22-20-29(36)35(21-22)27-12-6-4-10-25(27)32/h4-7,10-17,22H,8-9,18-21H2,1-3H3. The van der Waals surface area contributed by atoms with Crippen LogP contribution in [0.4, 0.5) is 5.69 Å². The van der Waals surface area contributed by atoms with Gasteiger partial charge in [-0.05, 0) is 60.2 Å². The van der Waals surface area contributed by atoms with E-state index < -0.39 is 0 Å². The minimum absolute atomic E-state index is 0.0220. The molecule has 5 rings (SSSR count). The third-order valence-corrected chi connectivity index (χ3v) is 7.40. The summed E-state index contributed by atoms with van der Waals surface area (Å²) in [6, 6.07) is 24.2. The molecule has 1 fully saturated rings. The summed E-state index contributed by atoms with van der Waals surface area (Å²) < 4.78 is 8.30. The first-order valence-corrected chi connectivity index (χ1v) is 13.4. The van der Waals surface area contributed by atoms with Gasteiger partial charge in [-0.25, -0.2) is 4.98 Å². The normalized spacial score (nSPS) is 16.1. The fourth-order valence-corrected chi connectivity index (χ4v) is 5.28. The highest BCUT2D eigenvalue weighted by atomic mass is 35.5. The second kappa shape index (κ2) is 10.6. The predicted molar refractivity (Wildman–Crippen MR) is 151 cm³/mol. The molecule has 1 aliphatic heterocycles. The highest BCUT2D eigenvalue weighted by Crippen LogP contribution is 2.36. The van der Waals surface area contributed by atoms with Gasteiger partial charge in [-0.3, -0.25) is 4.79 Å². The summed E-state index contributed by atoms with van der Waals surface area (Å²) in [7, 11) is 0. The first-order valence-electron chi connectivity index (χ1n) is 13.0. The van der Waals surface area contributed by atoms with Crippen LogP contribution in [-0.4, -0.2) is 28.6 Å². The lowest BCUT2D eigenvalue weighted by molar-refractivity contribution is -0.117. The minimum atomic E-state index is 0.0220. The number of anilines is 1. The summed E-state index contributed by atoms with van der Waals surface area (Å²) in [5.41, 5.74) is 4.29. The quantitative estimate of drug-likeness (QED) is 0.230. The molecule has 1 aliphatic rings. The minimum Gasteiger partial charge on any atom is -0.494 e. The van der Waals surface area contributed by atoms with Crippen LogP contribution in [0.15, 0.2) is 72.8 Å². The van der Waals surface area contributed by atoms with E-state index in [9.17, 15) is 4.79 Å². The molecule has 1 aromatic heterocycles. The zero-order valence-corrected chi connectivity index (χ0v) is 22.5. The molecule has 5 nitrogen and oxygen atoms in total. The Labute approximate surface area is 224 Å². The third-order valence-electron chi connectivity index (χ3n) is 7.08. The van der Waals surface area contributed by atoms with Crippen molar-refractivity contribution in [1.29, 1.82) is 0 Å². The predicted octanol–water partition coefficient (Wildman–Crippen LogP) is 7.37. The summed E-state index contributed by atoms with van der Waals surface area (Å²) in [4.78, 5) is 19.7. The Morgan fingerprint density at radius 2 is 1.70 bits per heavy atom. The van der Waals surface area contributed by atoms with Crippen LogP contribution < -0.4 is 9.64 Å². The number of hydrogen-bond acceptors (Lipinski definition) is 3. The second-order valence-electron chi connectivity index (χ2n) is 10.8. The summed E-state index contributed by atoms with van der Waals surface area (Å²) in [5, 5.41) is 0.595. The number of carbonyl (C=O) groups excluding carboxylic acids is 1. The highest BCUT2D eigenvalue weighted by Gasteiger charge is 2.35. The lowest BCUT2D eigenvalue weighted by Gasteiger charge is -2.19. The molecule has 1 unspecified atom stereocenters. The number of rotatable bonds is 8. The van der Waals surface area contributed by atoms with Crippen LogP contribution in [-0.2, 0) is 16.8 Å². The van der Waals surface area contributed by atoms with Crippen molar-refractivity contribution >= 4 is 34.2 Å². The van der Waals surface area contributed by atoms with Crippen LogP contribution in [0.1, 0.15) is 57.3 Å². The number of aryl methyl sites for hydroxylation is 1. The van der Waals surface area contributed by atoms with Crippen molar-refractivity contribution < 1.29 is 9.53 Å². The first-order chi connectivity index (χ1) is 17.8. The van der Waals surface area contributed by atoms with Crippen molar-refractivity contribution in [1.82, 2.24) is 9.55 Å². The second-order valence-corrected chi connectivity index (χ2v) is 11.2. The molecular formula is C31H34ClN3O2. The molecule has 3 aromatic carbocycles. The van der Waals surface area contributed by atoms with E-state index in [2.05, 4.69) is 55.7 Å². The zero-order chi connectivity index (χ0) is 26.0. The van der Waals surface area contributed by atoms with Gasteiger partial charge in [0.2, 0.25) is 5.91 Å². The molecular weight excluding hydrogens is 482 g/mol. The van der Waals surface area contributed by atoms with Gasteiger partial charge in [-0.2, -0.15) is 0 Å². The van der Waals surface area contributed by atoms with E-state index in [0.29, 0.717) is 24.6 Å². The molecule has 0 N–H and O–H groups in total. The molecule has 4 aromatic rings. The van der Waals surface area contributed by atoms with Crippen molar-refractivity contribution in [3.8, 4) is 5.75 Å². The average molecular weight is 516 g/mol. The van der Waals surface area contributed by atoms with Crippen LogP contribution >= 0.6 is 11.6 Å². The van der Waals surface area contributed by atoms with Crippen LogP contribution in [0.3, 0.4) is 0 Å². The Balaban J connectivity index is 1.25. The third kappa shape index (κ3) is 5.52. The molecule has 37 heavy (non-hydrogen) atoms. The van der Waals surface area contributed by atoms with Gasteiger partial charge >= 0.3 is 0 Å². The number of nitrogens with zero attached hydrogens (tertiary/aromatic N) is 3. The number of imidazole rings is 1. The van der Waals surface area contributed by atoms with Gasteiger partial charge in [-0.1, -0.05) is 68.8 Å². The van der Waals surface area contributed by atoms with Gasteiger partial charge in [0.1, 0.15) is 11.6 Å². The number of aromatic nitrogens is 2. The smallest absolute Gasteiger partial charge is 0.227 e. The summed E-state index contributed by atoms with van der Waals surface area (Å²) >= 11 is 6.40. The molecule has 1 saturated heterocycles. The van der Waals surface area contributed by atoms with Crippen molar-refractivity contribution in [3.05, 3.63) is 89.2 Å². The maximum Gasteiger partial charge on any atom is 0.227 e. The average Bonchev–Trinajstić information content (AvgIpc) is 3.44. The maximum atomic E-state index is 13.0. The van der Waals surface area contributed by atoms with E-state index in [1.165, 1.54) is 5.56 Å². The van der Waals surface area contributed by atoms with Crippen molar-refractivity contribution in [2.45, 2.75) is 57.9 Å². The number of hydrogen-bond donors (Lipinski definition) is 0. The Bertz CT molecular complexity index is 1390. The number of ether oxygens (including phenoxy) is 1. The van der Waals surface area contributed by atoms with E-state index >= 15 is 0 Å². The highest BCUT2D eigenvalue weighted by molar-refractivity contribution is 6.33. The molecule has 6 heteroatoms. The summed E-state index contributed by atoms with van der Waals surface area (Å²) in [6.45, 7) is 8.73. The molecule has 1 atom stereocenters. The monoisotopic (exact) mass is 515 g/mol. The lowest BCUT2D eigenvalue weighted by Crippen LogP contribution is -2.24. The molecule has 192 valence electrons. The van der Waals surface area contributed by atoms with E-state index in [4.69, 9.17) is 21.3 Å². The molecule has 0 saturated carbocycles. The molecule has 2 heterocycles. The number of para-hydroxylation sites is 3. The summed E-state index contributed by atoms with van der Waals surface area (Å²) in [5.74, 6) is 1.99. The van der Waals surface area contributed by atoms with Crippen molar-refractivity contribution in [2.24, 2.45) is 0 Å². The number of unbranched alkanes of at least 4 members (excludes halogenated alkanes) is 1.